The normalized spacial score (nSPS) is 11.6. The lowest BCUT2D eigenvalue weighted by atomic mass is 10.1. The number of amides is 1. The number of esters is 1. The second-order valence-electron chi connectivity index (χ2n) is 5.55. The third-order valence-corrected chi connectivity index (χ3v) is 4.11. The summed E-state index contributed by atoms with van der Waals surface area (Å²) < 4.78 is 11.0. The molecular formula is C19H20BrNO4. The van der Waals surface area contributed by atoms with Gasteiger partial charge in [0.05, 0.1) is 18.2 Å². The fourth-order valence-corrected chi connectivity index (χ4v) is 2.50. The molecule has 0 bridgehead atoms. The van der Waals surface area contributed by atoms with Crippen LogP contribution in [0.3, 0.4) is 0 Å². The Hall–Kier alpha value is -2.18. The van der Waals surface area contributed by atoms with Crippen LogP contribution in [0, 0.1) is 0 Å². The van der Waals surface area contributed by atoms with Gasteiger partial charge in [0.15, 0.2) is 6.61 Å². The van der Waals surface area contributed by atoms with Crippen LogP contribution < -0.4 is 5.32 Å². The fraction of sp³-hybridized carbons (Fsp3) is 0.263. The van der Waals surface area contributed by atoms with E-state index in [0.717, 1.165) is 15.6 Å². The van der Waals surface area contributed by atoms with Gasteiger partial charge in [-0.1, -0.05) is 40.2 Å². The second kappa shape index (κ2) is 9.34. The van der Waals surface area contributed by atoms with E-state index in [9.17, 15) is 9.59 Å². The molecule has 25 heavy (non-hydrogen) atoms. The highest BCUT2D eigenvalue weighted by Gasteiger charge is 2.13. The number of methoxy groups -OCH3 is 1. The van der Waals surface area contributed by atoms with Gasteiger partial charge in [-0.15, -0.1) is 0 Å². The molecule has 0 heterocycles. The number of carbonyl (C=O) groups is 2. The fourth-order valence-electron chi connectivity index (χ4n) is 2.24. The van der Waals surface area contributed by atoms with Gasteiger partial charge >= 0.3 is 5.97 Å². The number of rotatable bonds is 7. The highest BCUT2D eigenvalue weighted by atomic mass is 79.9. The standard InChI is InChI=1S/C19H20BrNO4/c1-13(15-7-9-17(20)10-8-15)21-18(22)12-25-19(23)16-5-3-14(4-6-16)11-24-2/h3-10,13H,11-12H2,1-2H3,(H,21,22)/t13-/m1/s1. The first-order chi connectivity index (χ1) is 12.0. The van der Waals surface area contributed by atoms with Gasteiger partial charge in [0.25, 0.3) is 5.91 Å². The molecule has 2 aromatic carbocycles. The van der Waals surface area contributed by atoms with Crippen LogP contribution >= 0.6 is 15.9 Å². The topological polar surface area (TPSA) is 64.6 Å². The summed E-state index contributed by atoms with van der Waals surface area (Å²) >= 11 is 3.37. The minimum Gasteiger partial charge on any atom is -0.452 e. The molecule has 1 atom stereocenters. The summed E-state index contributed by atoms with van der Waals surface area (Å²) in [5.74, 6) is -0.879. The van der Waals surface area contributed by atoms with E-state index >= 15 is 0 Å². The van der Waals surface area contributed by atoms with Crippen molar-refractivity contribution in [2.75, 3.05) is 13.7 Å². The van der Waals surface area contributed by atoms with Crippen LogP contribution in [0.25, 0.3) is 0 Å². The Morgan fingerprint density at radius 3 is 2.32 bits per heavy atom. The molecule has 0 aliphatic carbocycles. The summed E-state index contributed by atoms with van der Waals surface area (Å²) in [5.41, 5.74) is 2.32. The number of nitrogens with one attached hydrogen (secondary N) is 1. The molecule has 0 unspecified atom stereocenters. The zero-order chi connectivity index (χ0) is 18.2. The molecule has 0 fully saturated rings. The van der Waals surface area contributed by atoms with Crippen LogP contribution in [0.5, 0.6) is 0 Å². The zero-order valence-corrected chi connectivity index (χ0v) is 15.7. The number of halogens is 1. The average molecular weight is 406 g/mol. The summed E-state index contributed by atoms with van der Waals surface area (Å²) in [6, 6.07) is 14.4. The van der Waals surface area contributed by atoms with Crippen molar-refractivity contribution >= 4 is 27.8 Å². The molecule has 0 aromatic heterocycles. The Morgan fingerprint density at radius 1 is 1.08 bits per heavy atom. The van der Waals surface area contributed by atoms with E-state index < -0.39 is 5.97 Å². The summed E-state index contributed by atoms with van der Waals surface area (Å²) in [6.07, 6.45) is 0. The predicted molar refractivity (Wildman–Crippen MR) is 98.1 cm³/mol. The molecule has 1 N–H and O–H groups in total. The van der Waals surface area contributed by atoms with E-state index in [1.165, 1.54) is 0 Å². The Balaban J connectivity index is 1.82. The van der Waals surface area contributed by atoms with Crippen LogP contribution in [0.1, 0.15) is 34.5 Å². The van der Waals surface area contributed by atoms with E-state index in [2.05, 4.69) is 21.2 Å². The average Bonchev–Trinajstić information content (AvgIpc) is 2.61. The highest BCUT2D eigenvalue weighted by Crippen LogP contribution is 2.16. The lowest BCUT2D eigenvalue weighted by Gasteiger charge is -2.14. The largest absolute Gasteiger partial charge is 0.452 e. The summed E-state index contributed by atoms with van der Waals surface area (Å²) in [7, 11) is 1.61. The van der Waals surface area contributed by atoms with Gasteiger partial charge < -0.3 is 14.8 Å². The van der Waals surface area contributed by atoms with Gasteiger partial charge in [0.1, 0.15) is 0 Å². The van der Waals surface area contributed by atoms with Gasteiger partial charge in [-0.3, -0.25) is 4.79 Å². The quantitative estimate of drug-likeness (QED) is 0.714. The van der Waals surface area contributed by atoms with E-state index in [-0.39, 0.29) is 18.6 Å². The lowest BCUT2D eigenvalue weighted by molar-refractivity contribution is -0.124. The predicted octanol–water partition coefficient (Wildman–Crippen LogP) is 3.63. The molecule has 2 aromatic rings. The molecule has 0 saturated carbocycles. The van der Waals surface area contributed by atoms with Crippen molar-refractivity contribution in [3.63, 3.8) is 0 Å². The maximum absolute atomic E-state index is 12.0. The van der Waals surface area contributed by atoms with E-state index in [0.29, 0.717) is 12.2 Å². The number of benzene rings is 2. The Bertz CT molecular complexity index is 713. The molecule has 0 spiro atoms. The lowest BCUT2D eigenvalue weighted by Crippen LogP contribution is -2.31. The molecule has 132 valence electrons. The van der Waals surface area contributed by atoms with Gasteiger partial charge in [-0.25, -0.2) is 4.79 Å². The zero-order valence-electron chi connectivity index (χ0n) is 14.1. The van der Waals surface area contributed by atoms with Crippen molar-refractivity contribution in [2.45, 2.75) is 19.6 Å². The molecule has 0 aliphatic rings. The molecule has 0 radical (unpaired) electrons. The SMILES string of the molecule is COCc1ccc(C(=O)OCC(=O)N[C@H](C)c2ccc(Br)cc2)cc1. The third-order valence-electron chi connectivity index (χ3n) is 3.58. The number of ether oxygens (including phenoxy) is 2. The van der Waals surface area contributed by atoms with Gasteiger partial charge in [-0.2, -0.15) is 0 Å². The van der Waals surface area contributed by atoms with E-state index in [1.807, 2.05) is 31.2 Å². The van der Waals surface area contributed by atoms with E-state index in [4.69, 9.17) is 9.47 Å². The van der Waals surface area contributed by atoms with Crippen LogP contribution in [-0.4, -0.2) is 25.6 Å². The van der Waals surface area contributed by atoms with Crippen molar-refractivity contribution in [2.24, 2.45) is 0 Å². The molecule has 6 heteroatoms. The monoisotopic (exact) mass is 405 g/mol. The first-order valence-corrected chi connectivity index (χ1v) is 8.58. The van der Waals surface area contributed by atoms with Crippen LogP contribution in [0.4, 0.5) is 0 Å². The van der Waals surface area contributed by atoms with Crippen LogP contribution in [-0.2, 0) is 20.9 Å². The first kappa shape index (κ1) is 19.1. The van der Waals surface area contributed by atoms with Crippen molar-refractivity contribution in [1.29, 1.82) is 0 Å². The molecule has 0 aliphatic heterocycles. The minimum absolute atomic E-state index is 0.173. The van der Waals surface area contributed by atoms with Crippen molar-refractivity contribution in [1.82, 2.24) is 5.32 Å². The number of hydrogen-bond acceptors (Lipinski definition) is 4. The van der Waals surface area contributed by atoms with E-state index in [1.54, 1.807) is 31.4 Å². The minimum atomic E-state index is -0.532. The second-order valence-corrected chi connectivity index (χ2v) is 6.46. The Labute approximate surface area is 155 Å². The number of carbonyl (C=O) groups excluding carboxylic acids is 2. The van der Waals surface area contributed by atoms with Crippen molar-refractivity contribution in [3.05, 3.63) is 69.7 Å². The maximum Gasteiger partial charge on any atom is 0.338 e. The van der Waals surface area contributed by atoms with Gasteiger partial charge in [-0.05, 0) is 42.3 Å². The maximum atomic E-state index is 12.0. The van der Waals surface area contributed by atoms with Gasteiger partial charge in [0.2, 0.25) is 0 Å². The van der Waals surface area contributed by atoms with Gasteiger partial charge in [0, 0.05) is 11.6 Å². The molecular weight excluding hydrogens is 386 g/mol. The highest BCUT2D eigenvalue weighted by molar-refractivity contribution is 9.10. The summed E-state index contributed by atoms with van der Waals surface area (Å²) in [4.78, 5) is 23.9. The van der Waals surface area contributed by atoms with Crippen molar-refractivity contribution in [3.8, 4) is 0 Å². The third kappa shape index (κ3) is 5.99. The Morgan fingerprint density at radius 2 is 1.72 bits per heavy atom. The Kier molecular flexibility index (Phi) is 7.16. The summed E-state index contributed by atoms with van der Waals surface area (Å²) in [5, 5.41) is 2.80. The van der Waals surface area contributed by atoms with Crippen LogP contribution in [0.2, 0.25) is 0 Å². The first-order valence-electron chi connectivity index (χ1n) is 7.79. The van der Waals surface area contributed by atoms with Crippen LogP contribution in [0.15, 0.2) is 53.0 Å². The molecule has 5 nitrogen and oxygen atoms in total. The smallest absolute Gasteiger partial charge is 0.338 e. The summed E-state index contributed by atoms with van der Waals surface area (Å²) in [6.45, 7) is 2.03. The number of hydrogen-bond donors (Lipinski definition) is 1. The molecule has 0 saturated heterocycles. The molecule has 2 rings (SSSR count). The molecule has 1 amide bonds. The van der Waals surface area contributed by atoms with Crippen molar-refractivity contribution < 1.29 is 19.1 Å².